The number of benzene rings is 1. The van der Waals surface area contributed by atoms with Gasteiger partial charge in [0.15, 0.2) is 17.3 Å². The molecule has 2 fully saturated rings. The van der Waals surface area contributed by atoms with Gasteiger partial charge in [-0.3, -0.25) is 4.90 Å². The molecule has 45 heavy (non-hydrogen) atoms. The van der Waals surface area contributed by atoms with Gasteiger partial charge in [0.1, 0.15) is 25.0 Å². The van der Waals surface area contributed by atoms with E-state index >= 15 is 0 Å². The Hall–Kier alpha value is -3.75. The zero-order chi connectivity index (χ0) is 31.5. The summed E-state index contributed by atoms with van der Waals surface area (Å²) < 4.78 is 33.1. The molecule has 4 aliphatic rings. The fraction of sp³-hybridized carbons (Fsp3) is 0.588. The Morgan fingerprint density at radius 2 is 1.93 bits per heavy atom. The van der Waals surface area contributed by atoms with Crippen LogP contribution in [0.3, 0.4) is 0 Å². The first kappa shape index (κ1) is 29.9. The number of ether oxygens (including phenoxy) is 2. The van der Waals surface area contributed by atoms with E-state index in [0.717, 1.165) is 73.8 Å². The normalized spacial score (nSPS) is 25.9. The lowest BCUT2D eigenvalue weighted by molar-refractivity contribution is 0.115. The summed E-state index contributed by atoms with van der Waals surface area (Å²) in [6.45, 7) is 2.84. The number of rotatable bonds is 8. The predicted octanol–water partition coefficient (Wildman–Crippen LogP) is 4.83. The van der Waals surface area contributed by atoms with Crippen molar-refractivity contribution in [3.8, 4) is 29.3 Å². The molecule has 7 rings (SSSR count). The number of nitrogens with zero attached hydrogens (tertiary/aromatic N) is 6. The van der Waals surface area contributed by atoms with Crippen molar-refractivity contribution >= 4 is 5.69 Å². The molecule has 11 heteroatoms. The highest BCUT2D eigenvalue weighted by Gasteiger charge is 2.48. The Bertz CT molecular complexity index is 1640. The number of alkyl halides is 1. The zero-order valence-corrected chi connectivity index (χ0v) is 26.6. The number of nitriles is 1. The minimum Gasteiger partial charge on any atom is -0.475 e. The summed E-state index contributed by atoms with van der Waals surface area (Å²) >= 11 is 0. The summed E-state index contributed by atoms with van der Waals surface area (Å²) in [4.78, 5) is 13.9. The molecule has 1 aromatic carbocycles. The molecule has 1 aliphatic heterocycles. The number of likely N-dealkylation sites (tertiary alicyclic amines) is 1. The van der Waals surface area contributed by atoms with Gasteiger partial charge in [0.2, 0.25) is 11.8 Å². The summed E-state index contributed by atoms with van der Waals surface area (Å²) in [7, 11) is 6.06. The van der Waals surface area contributed by atoms with Crippen LogP contribution < -0.4 is 15.2 Å². The SMILES string of the molecule is CC(Oc1cc(OCC2(N(C)C)CC2)nc(-c2noc3c2CCCC32CCCc3ccc(N)c(C#N)c32)n1)C1CC(F)CN1C. The molecule has 238 valence electrons. The molecule has 0 amide bonds. The van der Waals surface area contributed by atoms with Crippen LogP contribution in [0.25, 0.3) is 11.5 Å². The third kappa shape index (κ3) is 5.12. The van der Waals surface area contributed by atoms with Crippen molar-refractivity contribution < 1.29 is 18.4 Å². The first-order valence-electron chi connectivity index (χ1n) is 16.2. The Balaban J connectivity index is 1.28. The van der Waals surface area contributed by atoms with Crippen molar-refractivity contribution in [2.24, 2.45) is 0 Å². The predicted molar refractivity (Wildman–Crippen MR) is 167 cm³/mol. The third-order valence-corrected chi connectivity index (χ3v) is 10.8. The Morgan fingerprint density at radius 1 is 1.18 bits per heavy atom. The van der Waals surface area contributed by atoms with Gasteiger partial charge in [0, 0.05) is 23.8 Å². The average Bonchev–Trinajstić information content (AvgIpc) is 3.56. The van der Waals surface area contributed by atoms with Crippen LogP contribution in [0.4, 0.5) is 10.1 Å². The van der Waals surface area contributed by atoms with Crippen LogP contribution in [0.5, 0.6) is 11.8 Å². The van der Waals surface area contributed by atoms with Crippen LogP contribution in [-0.2, 0) is 18.3 Å². The van der Waals surface area contributed by atoms with Gasteiger partial charge in [0.05, 0.1) is 22.6 Å². The second-order valence-corrected chi connectivity index (χ2v) is 13.7. The zero-order valence-electron chi connectivity index (χ0n) is 26.6. The summed E-state index contributed by atoms with van der Waals surface area (Å²) in [6.07, 6.45) is 6.62. The van der Waals surface area contributed by atoms with Gasteiger partial charge >= 0.3 is 0 Å². The first-order chi connectivity index (χ1) is 21.6. The van der Waals surface area contributed by atoms with E-state index in [1.807, 2.05) is 24.9 Å². The van der Waals surface area contributed by atoms with Gasteiger partial charge in [-0.05, 0) is 103 Å². The van der Waals surface area contributed by atoms with Gasteiger partial charge in [0.25, 0.3) is 0 Å². The van der Waals surface area contributed by atoms with Crippen LogP contribution in [0.15, 0.2) is 22.7 Å². The lowest BCUT2D eigenvalue weighted by Gasteiger charge is -2.41. The number of fused-ring (bicyclic) bond motifs is 4. The van der Waals surface area contributed by atoms with Gasteiger partial charge in [-0.25, -0.2) is 4.39 Å². The average molecular weight is 616 g/mol. The first-order valence-corrected chi connectivity index (χ1v) is 16.2. The van der Waals surface area contributed by atoms with E-state index in [0.29, 0.717) is 54.1 Å². The smallest absolute Gasteiger partial charge is 0.221 e. The Labute approximate surface area is 263 Å². The number of nitrogen functional groups attached to an aromatic ring is 1. The maximum Gasteiger partial charge on any atom is 0.221 e. The molecule has 3 aromatic rings. The van der Waals surface area contributed by atoms with E-state index in [1.54, 1.807) is 6.07 Å². The highest BCUT2D eigenvalue weighted by molar-refractivity contribution is 5.67. The number of hydrogen-bond donors (Lipinski definition) is 1. The summed E-state index contributed by atoms with van der Waals surface area (Å²) in [5.74, 6) is 1.92. The van der Waals surface area contributed by atoms with E-state index in [9.17, 15) is 9.65 Å². The van der Waals surface area contributed by atoms with Crippen molar-refractivity contribution in [1.29, 1.82) is 5.26 Å². The van der Waals surface area contributed by atoms with Gasteiger partial charge in [-0.2, -0.15) is 15.2 Å². The number of nitrogens with two attached hydrogens (primary N) is 1. The molecule has 2 N–H and O–H groups in total. The van der Waals surface area contributed by atoms with Crippen molar-refractivity contribution in [2.75, 3.05) is 40.0 Å². The fourth-order valence-electron chi connectivity index (χ4n) is 7.99. The number of aromatic nitrogens is 3. The van der Waals surface area contributed by atoms with Crippen LogP contribution >= 0.6 is 0 Å². The van der Waals surface area contributed by atoms with Crippen LogP contribution in [-0.4, -0.2) is 83.1 Å². The lowest BCUT2D eigenvalue weighted by Crippen LogP contribution is -2.38. The maximum atomic E-state index is 14.2. The summed E-state index contributed by atoms with van der Waals surface area (Å²) in [5, 5.41) is 14.7. The van der Waals surface area contributed by atoms with E-state index in [-0.39, 0.29) is 17.7 Å². The highest BCUT2D eigenvalue weighted by Crippen LogP contribution is 2.53. The Kier molecular flexibility index (Phi) is 7.48. The van der Waals surface area contributed by atoms with Crippen molar-refractivity contribution in [2.45, 2.75) is 94.0 Å². The quantitative estimate of drug-likeness (QED) is 0.352. The number of halogens is 1. The van der Waals surface area contributed by atoms with Gasteiger partial charge in [-0.1, -0.05) is 11.2 Å². The maximum absolute atomic E-state index is 14.2. The van der Waals surface area contributed by atoms with E-state index in [1.165, 1.54) is 0 Å². The topological polar surface area (TPSA) is 127 Å². The van der Waals surface area contributed by atoms with Crippen LogP contribution in [0.2, 0.25) is 0 Å². The monoisotopic (exact) mass is 615 g/mol. The molecule has 1 saturated carbocycles. The molecule has 1 saturated heterocycles. The summed E-state index contributed by atoms with van der Waals surface area (Å²) in [6, 6.07) is 7.94. The molecule has 3 aliphatic carbocycles. The van der Waals surface area contributed by atoms with E-state index < -0.39 is 11.6 Å². The molecule has 4 unspecified atom stereocenters. The van der Waals surface area contributed by atoms with Crippen molar-refractivity contribution in [3.63, 3.8) is 0 Å². The summed E-state index contributed by atoms with van der Waals surface area (Å²) in [5.41, 5.74) is 10.5. The highest BCUT2D eigenvalue weighted by atomic mass is 19.1. The van der Waals surface area contributed by atoms with Crippen LogP contribution in [0.1, 0.15) is 79.9 Å². The lowest BCUT2D eigenvalue weighted by atomic mass is 9.61. The number of anilines is 1. The van der Waals surface area contributed by atoms with Crippen LogP contribution in [0, 0.1) is 11.3 Å². The molecule has 0 bridgehead atoms. The van der Waals surface area contributed by atoms with E-state index in [2.05, 4.69) is 36.3 Å². The molecule has 3 heterocycles. The number of hydrogen-bond acceptors (Lipinski definition) is 10. The second-order valence-electron chi connectivity index (χ2n) is 13.7. The Morgan fingerprint density at radius 3 is 2.62 bits per heavy atom. The molecule has 0 radical (unpaired) electrons. The molecule has 1 spiro atoms. The minimum absolute atomic E-state index is 0.00374. The van der Waals surface area contributed by atoms with Crippen molar-refractivity contribution in [3.05, 3.63) is 46.2 Å². The molecular formula is C34H42FN7O3. The molecule has 10 nitrogen and oxygen atoms in total. The van der Waals surface area contributed by atoms with Gasteiger partial charge in [-0.15, -0.1) is 0 Å². The van der Waals surface area contributed by atoms with Gasteiger partial charge < -0.3 is 24.6 Å². The number of aryl methyl sites for hydroxylation is 1. The third-order valence-electron chi connectivity index (χ3n) is 10.8. The molecule has 4 atom stereocenters. The molecular weight excluding hydrogens is 573 g/mol. The molecule has 2 aromatic heterocycles. The minimum atomic E-state index is -0.873. The largest absolute Gasteiger partial charge is 0.475 e. The second kappa shape index (κ2) is 11.2. The van der Waals surface area contributed by atoms with E-state index in [4.69, 9.17) is 29.7 Å². The fourth-order valence-corrected chi connectivity index (χ4v) is 7.99. The number of likely N-dealkylation sites (N-methyl/N-ethyl adjacent to an activating group) is 2. The van der Waals surface area contributed by atoms with Crippen molar-refractivity contribution in [1.82, 2.24) is 24.9 Å². The standard InChI is InChI=1S/C34H42FN7O3/c1-20(26-15-22(35)18-42(26)4)44-28-16-27(43-19-33(13-14-33)41(2)3)38-32(39-28)30-23-8-6-12-34(31(23)45-40-30)11-5-7-21-9-10-25(37)24(17-36)29(21)34/h9-10,16,20,22,26H,5-8,11-15,18-19,37H2,1-4H3.